The van der Waals surface area contributed by atoms with Crippen molar-refractivity contribution in [3.63, 3.8) is 0 Å². The maximum Gasteiger partial charge on any atom is 0.349 e. The molecular formula is C18H13BrO3. The van der Waals surface area contributed by atoms with Gasteiger partial charge in [-0.1, -0.05) is 58.4 Å². The van der Waals surface area contributed by atoms with Crippen LogP contribution in [0.5, 0.6) is 11.5 Å². The van der Waals surface area contributed by atoms with Gasteiger partial charge in [0.1, 0.15) is 11.5 Å². The van der Waals surface area contributed by atoms with Gasteiger partial charge >= 0.3 is 5.97 Å². The van der Waals surface area contributed by atoms with E-state index in [9.17, 15) is 4.79 Å². The highest BCUT2D eigenvalue weighted by molar-refractivity contribution is 9.10. The van der Waals surface area contributed by atoms with Crippen LogP contribution in [-0.4, -0.2) is 12.6 Å². The largest absolute Gasteiger partial charge is 0.482 e. The summed E-state index contributed by atoms with van der Waals surface area (Å²) in [5.74, 6) is 0.733. The van der Waals surface area contributed by atoms with Gasteiger partial charge in [0.15, 0.2) is 6.61 Å². The molecule has 0 radical (unpaired) electrons. The van der Waals surface area contributed by atoms with Gasteiger partial charge in [-0.15, -0.1) is 0 Å². The molecule has 3 rings (SSSR count). The Labute approximate surface area is 136 Å². The minimum Gasteiger partial charge on any atom is -0.482 e. The molecule has 0 aliphatic rings. The van der Waals surface area contributed by atoms with Gasteiger partial charge in [0.2, 0.25) is 0 Å². The number of ether oxygens (including phenoxy) is 2. The first kappa shape index (κ1) is 14.6. The normalized spacial score (nSPS) is 10.4. The molecule has 3 aromatic rings. The standard InChI is InChI=1S/C18H13BrO3/c19-16-10-11-17(15-9-5-4-8-14(15)16)22-18(20)12-21-13-6-2-1-3-7-13/h1-11H,12H2. The lowest BCUT2D eigenvalue weighted by molar-refractivity contribution is -0.136. The first-order valence-corrected chi connectivity index (χ1v) is 7.59. The molecule has 0 atom stereocenters. The molecule has 0 N–H and O–H groups in total. The highest BCUT2D eigenvalue weighted by atomic mass is 79.9. The Balaban J connectivity index is 1.73. The van der Waals surface area contributed by atoms with Crippen LogP contribution in [0, 0.1) is 0 Å². The van der Waals surface area contributed by atoms with Crippen molar-refractivity contribution in [3.8, 4) is 11.5 Å². The van der Waals surface area contributed by atoms with E-state index in [0.29, 0.717) is 11.5 Å². The summed E-state index contributed by atoms with van der Waals surface area (Å²) in [5, 5.41) is 1.88. The van der Waals surface area contributed by atoms with Crippen LogP contribution in [-0.2, 0) is 4.79 Å². The maximum atomic E-state index is 12.0. The molecule has 3 aromatic carbocycles. The second-order valence-electron chi connectivity index (χ2n) is 4.67. The van der Waals surface area contributed by atoms with Gasteiger partial charge in [-0.25, -0.2) is 4.79 Å². The topological polar surface area (TPSA) is 35.5 Å². The maximum absolute atomic E-state index is 12.0. The number of rotatable bonds is 4. The summed E-state index contributed by atoms with van der Waals surface area (Å²) >= 11 is 3.49. The third-order valence-electron chi connectivity index (χ3n) is 3.15. The lowest BCUT2D eigenvalue weighted by atomic mass is 10.1. The molecule has 0 bridgehead atoms. The first-order valence-electron chi connectivity index (χ1n) is 6.80. The predicted octanol–water partition coefficient (Wildman–Crippen LogP) is 4.59. The summed E-state index contributed by atoms with van der Waals surface area (Å²) in [7, 11) is 0. The summed E-state index contributed by atoms with van der Waals surface area (Å²) in [6, 6.07) is 20.5. The van der Waals surface area contributed by atoms with E-state index in [0.717, 1.165) is 15.2 Å². The molecule has 4 heteroatoms. The van der Waals surface area contributed by atoms with Crippen molar-refractivity contribution >= 4 is 32.7 Å². The minimum absolute atomic E-state index is 0.131. The first-order chi connectivity index (χ1) is 10.7. The highest BCUT2D eigenvalue weighted by Gasteiger charge is 2.10. The monoisotopic (exact) mass is 356 g/mol. The highest BCUT2D eigenvalue weighted by Crippen LogP contribution is 2.31. The van der Waals surface area contributed by atoms with Crippen molar-refractivity contribution in [1.82, 2.24) is 0 Å². The van der Waals surface area contributed by atoms with Gasteiger partial charge in [0.05, 0.1) is 0 Å². The number of fused-ring (bicyclic) bond motifs is 1. The zero-order chi connectivity index (χ0) is 15.4. The van der Waals surface area contributed by atoms with Crippen LogP contribution >= 0.6 is 15.9 Å². The van der Waals surface area contributed by atoms with Crippen molar-refractivity contribution in [2.75, 3.05) is 6.61 Å². The molecule has 0 aromatic heterocycles. The van der Waals surface area contributed by atoms with E-state index >= 15 is 0 Å². The van der Waals surface area contributed by atoms with Crippen LogP contribution in [0.1, 0.15) is 0 Å². The molecule has 3 nitrogen and oxygen atoms in total. The number of hydrogen-bond donors (Lipinski definition) is 0. The summed E-state index contributed by atoms with van der Waals surface area (Å²) in [6.07, 6.45) is 0. The third kappa shape index (κ3) is 3.28. The zero-order valence-electron chi connectivity index (χ0n) is 11.7. The molecule has 22 heavy (non-hydrogen) atoms. The zero-order valence-corrected chi connectivity index (χ0v) is 13.2. The van der Waals surface area contributed by atoms with Crippen LogP contribution in [0.3, 0.4) is 0 Å². The van der Waals surface area contributed by atoms with Crippen molar-refractivity contribution in [3.05, 3.63) is 71.2 Å². The Morgan fingerprint density at radius 3 is 2.32 bits per heavy atom. The van der Waals surface area contributed by atoms with Gasteiger partial charge in [0, 0.05) is 9.86 Å². The third-order valence-corrected chi connectivity index (χ3v) is 3.85. The van der Waals surface area contributed by atoms with Gasteiger partial charge in [-0.3, -0.25) is 0 Å². The molecule has 0 amide bonds. The second-order valence-corrected chi connectivity index (χ2v) is 5.52. The molecule has 0 spiro atoms. The van der Waals surface area contributed by atoms with E-state index in [1.165, 1.54) is 0 Å². The molecule has 0 heterocycles. The number of halogens is 1. The Bertz CT molecular complexity index is 800. The second kappa shape index (κ2) is 6.62. The molecule has 0 saturated heterocycles. The van der Waals surface area contributed by atoms with Crippen LogP contribution in [0.4, 0.5) is 0 Å². The smallest absolute Gasteiger partial charge is 0.349 e. The summed E-state index contributed by atoms with van der Waals surface area (Å²) in [6.45, 7) is -0.131. The predicted molar refractivity (Wildman–Crippen MR) is 89.2 cm³/mol. The van der Waals surface area contributed by atoms with E-state index in [4.69, 9.17) is 9.47 Å². The van der Waals surface area contributed by atoms with E-state index in [-0.39, 0.29) is 6.61 Å². The SMILES string of the molecule is O=C(COc1ccccc1)Oc1ccc(Br)c2ccccc12. The van der Waals surface area contributed by atoms with Crippen LogP contribution in [0.2, 0.25) is 0 Å². The average molecular weight is 357 g/mol. The van der Waals surface area contributed by atoms with E-state index in [1.54, 1.807) is 18.2 Å². The van der Waals surface area contributed by atoms with Gasteiger partial charge < -0.3 is 9.47 Å². The molecule has 0 aliphatic carbocycles. The minimum atomic E-state index is -0.434. The van der Waals surface area contributed by atoms with E-state index in [2.05, 4.69) is 15.9 Å². The summed E-state index contributed by atoms with van der Waals surface area (Å²) < 4.78 is 11.8. The fourth-order valence-electron chi connectivity index (χ4n) is 2.13. The lowest BCUT2D eigenvalue weighted by Gasteiger charge is -2.10. The van der Waals surface area contributed by atoms with Crippen LogP contribution in [0.15, 0.2) is 71.2 Å². The van der Waals surface area contributed by atoms with Gasteiger partial charge in [0.25, 0.3) is 0 Å². The van der Waals surface area contributed by atoms with Crippen molar-refractivity contribution < 1.29 is 14.3 Å². The van der Waals surface area contributed by atoms with Crippen molar-refractivity contribution in [1.29, 1.82) is 0 Å². The number of benzene rings is 3. The number of hydrogen-bond acceptors (Lipinski definition) is 3. The fourth-order valence-corrected chi connectivity index (χ4v) is 2.61. The van der Waals surface area contributed by atoms with Gasteiger partial charge in [-0.05, 0) is 29.7 Å². The molecular weight excluding hydrogens is 344 g/mol. The lowest BCUT2D eigenvalue weighted by Crippen LogP contribution is -2.17. The molecule has 110 valence electrons. The fraction of sp³-hybridized carbons (Fsp3) is 0.0556. The Kier molecular flexibility index (Phi) is 4.39. The Morgan fingerprint density at radius 1 is 0.864 bits per heavy atom. The Morgan fingerprint density at radius 2 is 1.55 bits per heavy atom. The number of esters is 1. The average Bonchev–Trinajstić information content (AvgIpc) is 2.57. The van der Waals surface area contributed by atoms with Crippen LogP contribution < -0.4 is 9.47 Å². The summed E-state index contributed by atoms with van der Waals surface area (Å²) in [4.78, 5) is 12.0. The molecule has 0 unspecified atom stereocenters. The van der Waals surface area contributed by atoms with E-state index in [1.807, 2.05) is 48.5 Å². The number of para-hydroxylation sites is 1. The number of carbonyl (C=O) groups excluding carboxylic acids is 1. The van der Waals surface area contributed by atoms with Gasteiger partial charge in [-0.2, -0.15) is 0 Å². The number of carbonyl (C=O) groups is 1. The molecule has 0 saturated carbocycles. The van der Waals surface area contributed by atoms with E-state index < -0.39 is 5.97 Å². The van der Waals surface area contributed by atoms with Crippen molar-refractivity contribution in [2.45, 2.75) is 0 Å². The molecule has 0 aliphatic heterocycles. The Hall–Kier alpha value is -2.33. The molecule has 0 fully saturated rings. The van der Waals surface area contributed by atoms with Crippen molar-refractivity contribution in [2.24, 2.45) is 0 Å². The summed E-state index contributed by atoms with van der Waals surface area (Å²) in [5.41, 5.74) is 0. The quantitative estimate of drug-likeness (QED) is 0.506. The van der Waals surface area contributed by atoms with Crippen LogP contribution in [0.25, 0.3) is 10.8 Å².